The molecule has 0 aliphatic carbocycles. The van der Waals surface area contributed by atoms with Crippen LogP contribution in [0.15, 0.2) is 54.7 Å². The first-order valence-corrected chi connectivity index (χ1v) is 10.3. The molecule has 1 aliphatic rings. The fourth-order valence-corrected chi connectivity index (χ4v) is 3.73. The summed E-state index contributed by atoms with van der Waals surface area (Å²) in [6.45, 7) is 4.79. The number of aryl methyl sites for hydroxylation is 1. The van der Waals surface area contributed by atoms with Crippen LogP contribution in [0.25, 0.3) is 16.9 Å². The zero-order chi connectivity index (χ0) is 21.1. The van der Waals surface area contributed by atoms with Crippen LogP contribution in [-0.2, 0) is 4.74 Å². The van der Waals surface area contributed by atoms with E-state index in [4.69, 9.17) is 14.6 Å². The van der Waals surface area contributed by atoms with E-state index < -0.39 is 0 Å². The van der Waals surface area contributed by atoms with E-state index in [9.17, 15) is 4.79 Å². The maximum absolute atomic E-state index is 13.2. The molecule has 1 fully saturated rings. The summed E-state index contributed by atoms with van der Waals surface area (Å²) in [7, 11) is 1.63. The van der Waals surface area contributed by atoms with Gasteiger partial charge in [0.1, 0.15) is 11.4 Å². The Morgan fingerprint density at radius 1 is 1.27 bits per heavy atom. The Balaban J connectivity index is 1.70. The van der Waals surface area contributed by atoms with Crippen molar-refractivity contribution in [2.75, 3.05) is 13.7 Å². The molecule has 2 unspecified atom stereocenters. The van der Waals surface area contributed by atoms with Gasteiger partial charge in [-0.25, -0.2) is 4.68 Å². The van der Waals surface area contributed by atoms with Gasteiger partial charge in [0.15, 0.2) is 0 Å². The van der Waals surface area contributed by atoms with Gasteiger partial charge in [-0.1, -0.05) is 29.8 Å². The lowest BCUT2D eigenvalue weighted by Gasteiger charge is -2.19. The summed E-state index contributed by atoms with van der Waals surface area (Å²) in [4.78, 5) is 13.2. The van der Waals surface area contributed by atoms with Crippen LogP contribution in [0.5, 0.6) is 5.75 Å². The topological polar surface area (TPSA) is 65.4 Å². The van der Waals surface area contributed by atoms with Crippen LogP contribution in [0, 0.1) is 6.92 Å². The molecule has 0 spiro atoms. The van der Waals surface area contributed by atoms with Gasteiger partial charge in [-0.15, -0.1) is 0 Å². The molecule has 2 heterocycles. The number of benzene rings is 2. The van der Waals surface area contributed by atoms with Crippen molar-refractivity contribution >= 4 is 5.91 Å². The van der Waals surface area contributed by atoms with Crippen LogP contribution in [-0.4, -0.2) is 41.6 Å². The molecule has 0 radical (unpaired) electrons. The molecule has 30 heavy (non-hydrogen) atoms. The molecule has 3 aromatic rings. The van der Waals surface area contributed by atoms with E-state index in [1.54, 1.807) is 18.0 Å². The first-order chi connectivity index (χ1) is 14.5. The third kappa shape index (κ3) is 4.24. The molecule has 1 N–H and O–H groups in total. The summed E-state index contributed by atoms with van der Waals surface area (Å²) in [5.74, 6) is 0.561. The van der Waals surface area contributed by atoms with Crippen molar-refractivity contribution in [3.63, 3.8) is 0 Å². The van der Waals surface area contributed by atoms with Crippen LogP contribution >= 0.6 is 0 Å². The van der Waals surface area contributed by atoms with E-state index >= 15 is 0 Å². The molecule has 6 nitrogen and oxygen atoms in total. The second kappa shape index (κ2) is 8.71. The number of aromatic nitrogens is 2. The molecule has 2 aromatic carbocycles. The van der Waals surface area contributed by atoms with Gasteiger partial charge >= 0.3 is 0 Å². The molecule has 0 saturated carbocycles. The number of nitrogens with one attached hydrogen (secondary N) is 1. The summed E-state index contributed by atoms with van der Waals surface area (Å²) in [5.41, 5.74) is 4.04. The van der Waals surface area contributed by atoms with Crippen molar-refractivity contribution in [1.82, 2.24) is 15.1 Å². The van der Waals surface area contributed by atoms with Crippen LogP contribution in [0.2, 0.25) is 0 Å². The van der Waals surface area contributed by atoms with Crippen LogP contribution in [0.3, 0.4) is 0 Å². The third-order valence-electron chi connectivity index (χ3n) is 5.48. The Hall–Kier alpha value is -3.12. The van der Waals surface area contributed by atoms with Gasteiger partial charge in [-0.3, -0.25) is 4.79 Å². The van der Waals surface area contributed by atoms with Crippen molar-refractivity contribution < 1.29 is 14.3 Å². The van der Waals surface area contributed by atoms with Gasteiger partial charge in [0.2, 0.25) is 0 Å². The van der Waals surface area contributed by atoms with E-state index in [0.717, 1.165) is 36.4 Å². The average Bonchev–Trinajstić information content (AvgIpc) is 3.45. The highest BCUT2D eigenvalue weighted by Gasteiger charge is 2.26. The van der Waals surface area contributed by atoms with E-state index in [0.29, 0.717) is 11.3 Å². The molecule has 2 atom stereocenters. The van der Waals surface area contributed by atoms with Crippen molar-refractivity contribution in [2.24, 2.45) is 0 Å². The summed E-state index contributed by atoms with van der Waals surface area (Å²) < 4.78 is 12.8. The molecule has 4 rings (SSSR count). The minimum atomic E-state index is -0.158. The number of methoxy groups -OCH3 is 1. The molecular formula is C24H27N3O3. The monoisotopic (exact) mass is 405 g/mol. The fraction of sp³-hybridized carbons (Fsp3) is 0.333. The Bertz CT molecular complexity index is 1020. The Labute approximate surface area is 176 Å². The van der Waals surface area contributed by atoms with Crippen LogP contribution in [0.1, 0.15) is 35.7 Å². The van der Waals surface area contributed by atoms with Crippen molar-refractivity contribution in [2.45, 2.75) is 38.8 Å². The highest BCUT2D eigenvalue weighted by atomic mass is 16.5. The molecule has 1 saturated heterocycles. The van der Waals surface area contributed by atoms with Gasteiger partial charge in [-0.2, -0.15) is 5.10 Å². The number of carbonyl (C=O) groups excluding carboxylic acids is 1. The third-order valence-corrected chi connectivity index (χ3v) is 5.48. The summed E-state index contributed by atoms with van der Waals surface area (Å²) >= 11 is 0. The van der Waals surface area contributed by atoms with E-state index in [1.165, 1.54) is 5.56 Å². The predicted molar refractivity (Wildman–Crippen MR) is 116 cm³/mol. The fourth-order valence-electron chi connectivity index (χ4n) is 3.73. The van der Waals surface area contributed by atoms with Gasteiger partial charge in [0.05, 0.1) is 30.5 Å². The highest BCUT2D eigenvalue weighted by molar-refractivity contribution is 6.00. The first-order valence-electron chi connectivity index (χ1n) is 10.3. The maximum atomic E-state index is 13.2. The molecule has 1 aromatic heterocycles. The lowest BCUT2D eigenvalue weighted by Crippen LogP contribution is -2.40. The minimum Gasteiger partial charge on any atom is -0.497 e. The number of rotatable bonds is 6. The van der Waals surface area contributed by atoms with Crippen molar-refractivity contribution in [1.29, 1.82) is 0 Å². The minimum absolute atomic E-state index is 0.0568. The molecular weight excluding hydrogens is 378 g/mol. The largest absolute Gasteiger partial charge is 0.497 e. The number of hydrogen-bond donors (Lipinski definition) is 1. The molecule has 0 bridgehead atoms. The van der Waals surface area contributed by atoms with Crippen molar-refractivity contribution in [3.8, 4) is 22.7 Å². The predicted octanol–water partition coefficient (Wildman–Crippen LogP) is 4.15. The standard InChI is InChI=1S/C24H27N3O3/c1-16-9-11-19(12-10-16)27-15-21(24(28)25-17(2)22-8-5-13-30-22)23(26-27)18-6-4-7-20(14-18)29-3/h4,6-7,9-12,14-15,17,22H,5,8,13H2,1-3H3,(H,25,28). The molecule has 1 aliphatic heterocycles. The number of ether oxygens (including phenoxy) is 2. The zero-order valence-corrected chi connectivity index (χ0v) is 17.6. The second-order valence-electron chi connectivity index (χ2n) is 7.72. The average molecular weight is 405 g/mol. The number of nitrogens with zero attached hydrogens (tertiary/aromatic N) is 2. The molecule has 156 valence electrons. The quantitative estimate of drug-likeness (QED) is 0.669. The lowest BCUT2D eigenvalue weighted by atomic mass is 10.1. The summed E-state index contributed by atoms with van der Waals surface area (Å²) in [6.07, 6.45) is 3.84. The van der Waals surface area contributed by atoms with Crippen LogP contribution in [0.4, 0.5) is 0 Å². The van der Waals surface area contributed by atoms with Crippen LogP contribution < -0.4 is 10.1 Å². The highest BCUT2D eigenvalue weighted by Crippen LogP contribution is 2.27. The van der Waals surface area contributed by atoms with E-state index in [-0.39, 0.29) is 18.1 Å². The number of hydrogen-bond acceptors (Lipinski definition) is 4. The lowest BCUT2D eigenvalue weighted by molar-refractivity contribution is 0.0712. The Morgan fingerprint density at radius 3 is 2.77 bits per heavy atom. The normalized spacial score (nSPS) is 17.0. The zero-order valence-electron chi connectivity index (χ0n) is 17.6. The molecule has 6 heteroatoms. The Morgan fingerprint density at radius 2 is 2.07 bits per heavy atom. The SMILES string of the molecule is COc1cccc(-c2nn(-c3ccc(C)cc3)cc2C(=O)NC(C)C2CCCO2)c1. The molecule has 1 amide bonds. The van der Waals surface area contributed by atoms with Gasteiger partial charge in [0, 0.05) is 18.4 Å². The van der Waals surface area contributed by atoms with Gasteiger partial charge in [0.25, 0.3) is 5.91 Å². The second-order valence-corrected chi connectivity index (χ2v) is 7.72. The number of carbonyl (C=O) groups is 1. The first kappa shape index (κ1) is 20.2. The number of amides is 1. The summed E-state index contributed by atoms with van der Waals surface area (Å²) in [6, 6.07) is 15.6. The maximum Gasteiger partial charge on any atom is 0.255 e. The summed E-state index contributed by atoms with van der Waals surface area (Å²) in [5, 5.41) is 7.85. The smallest absolute Gasteiger partial charge is 0.255 e. The van der Waals surface area contributed by atoms with Gasteiger partial charge in [-0.05, 0) is 51.0 Å². The van der Waals surface area contributed by atoms with Gasteiger partial charge < -0.3 is 14.8 Å². The Kier molecular flexibility index (Phi) is 5.86. The van der Waals surface area contributed by atoms with E-state index in [2.05, 4.69) is 5.32 Å². The van der Waals surface area contributed by atoms with Crippen molar-refractivity contribution in [3.05, 3.63) is 65.9 Å². The van der Waals surface area contributed by atoms with E-state index in [1.807, 2.05) is 62.4 Å².